The molecule has 18 heavy (non-hydrogen) atoms. The van der Waals surface area contributed by atoms with Crippen molar-refractivity contribution in [3.8, 4) is 0 Å². The van der Waals surface area contributed by atoms with Gasteiger partial charge in [-0.2, -0.15) is 5.10 Å². The lowest BCUT2D eigenvalue weighted by molar-refractivity contribution is 0.459. The molecule has 0 unspecified atom stereocenters. The van der Waals surface area contributed by atoms with E-state index in [1.54, 1.807) is 0 Å². The summed E-state index contributed by atoms with van der Waals surface area (Å²) in [6.07, 6.45) is 3.51. The first kappa shape index (κ1) is 12.0. The van der Waals surface area contributed by atoms with Crippen molar-refractivity contribution in [1.82, 2.24) is 19.3 Å². The lowest BCUT2D eigenvalue weighted by Crippen LogP contribution is -2.12. The number of halogens is 1. The SMILES string of the molecule is CCc1nn(C)c2c1nc(CCl)n2CC1(C)CC1. The van der Waals surface area contributed by atoms with Gasteiger partial charge in [-0.15, -0.1) is 11.6 Å². The van der Waals surface area contributed by atoms with Crippen LogP contribution in [0.1, 0.15) is 38.2 Å². The van der Waals surface area contributed by atoms with E-state index >= 15 is 0 Å². The molecule has 0 amide bonds. The molecule has 0 aliphatic heterocycles. The van der Waals surface area contributed by atoms with E-state index in [-0.39, 0.29) is 0 Å². The summed E-state index contributed by atoms with van der Waals surface area (Å²) in [5.74, 6) is 1.44. The van der Waals surface area contributed by atoms with Gasteiger partial charge in [0.25, 0.3) is 0 Å². The van der Waals surface area contributed by atoms with Crippen LogP contribution >= 0.6 is 11.6 Å². The fourth-order valence-electron chi connectivity index (χ4n) is 2.55. The van der Waals surface area contributed by atoms with Crippen LogP contribution in [0, 0.1) is 5.41 Å². The Balaban J connectivity index is 2.17. The zero-order valence-corrected chi connectivity index (χ0v) is 12.0. The van der Waals surface area contributed by atoms with Crippen LogP contribution in [-0.2, 0) is 25.9 Å². The molecule has 1 aliphatic carbocycles. The first-order valence-electron chi connectivity index (χ1n) is 6.55. The number of fused-ring (bicyclic) bond motifs is 1. The highest BCUT2D eigenvalue weighted by Crippen LogP contribution is 2.47. The third kappa shape index (κ3) is 1.74. The van der Waals surface area contributed by atoms with Crippen LogP contribution in [0.3, 0.4) is 0 Å². The van der Waals surface area contributed by atoms with Gasteiger partial charge in [-0.3, -0.25) is 4.68 Å². The van der Waals surface area contributed by atoms with Crippen LogP contribution in [0.15, 0.2) is 0 Å². The smallest absolute Gasteiger partial charge is 0.158 e. The standard InChI is InChI=1S/C13H19ClN4/c1-4-9-11-12(17(3)16-9)18(10(7-14)15-11)8-13(2)5-6-13/h4-8H2,1-3H3. The highest BCUT2D eigenvalue weighted by atomic mass is 35.5. The molecule has 0 radical (unpaired) electrons. The molecule has 0 spiro atoms. The van der Waals surface area contributed by atoms with E-state index < -0.39 is 0 Å². The molecule has 0 atom stereocenters. The Morgan fingerprint density at radius 1 is 1.39 bits per heavy atom. The van der Waals surface area contributed by atoms with E-state index in [0.717, 1.165) is 35.6 Å². The number of alkyl halides is 1. The number of hydrogen-bond acceptors (Lipinski definition) is 2. The molecule has 4 nitrogen and oxygen atoms in total. The predicted octanol–water partition coefficient (Wildman–Crippen LogP) is 2.87. The number of imidazole rings is 1. The molecule has 0 bridgehead atoms. The van der Waals surface area contributed by atoms with Crippen LogP contribution in [0.25, 0.3) is 11.2 Å². The maximum absolute atomic E-state index is 6.04. The van der Waals surface area contributed by atoms with E-state index in [1.165, 1.54) is 12.8 Å². The second kappa shape index (κ2) is 3.98. The zero-order chi connectivity index (χ0) is 12.9. The Morgan fingerprint density at radius 3 is 2.67 bits per heavy atom. The first-order chi connectivity index (χ1) is 8.58. The van der Waals surface area contributed by atoms with Crippen molar-refractivity contribution in [3.05, 3.63) is 11.5 Å². The van der Waals surface area contributed by atoms with Gasteiger partial charge in [-0.25, -0.2) is 4.98 Å². The fraction of sp³-hybridized carbons (Fsp3) is 0.692. The van der Waals surface area contributed by atoms with E-state index in [9.17, 15) is 0 Å². The molecule has 1 saturated carbocycles. The summed E-state index contributed by atoms with van der Waals surface area (Å²) in [4.78, 5) is 4.68. The third-order valence-corrected chi connectivity index (χ3v) is 4.21. The molecule has 0 saturated heterocycles. The van der Waals surface area contributed by atoms with Gasteiger partial charge in [-0.05, 0) is 24.7 Å². The lowest BCUT2D eigenvalue weighted by atomic mass is 10.1. The van der Waals surface area contributed by atoms with Gasteiger partial charge in [0.1, 0.15) is 11.3 Å². The minimum atomic E-state index is 0.436. The largest absolute Gasteiger partial charge is 0.311 e. The van der Waals surface area contributed by atoms with E-state index in [2.05, 4.69) is 28.5 Å². The van der Waals surface area contributed by atoms with Gasteiger partial charge in [-0.1, -0.05) is 13.8 Å². The average Bonchev–Trinajstić information content (AvgIpc) is 2.85. The summed E-state index contributed by atoms with van der Waals surface area (Å²) in [6, 6.07) is 0. The van der Waals surface area contributed by atoms with Gasteiger partial charge < -0.3 is 4.57 Å². The van der Waals surface area contributed by atoms with E-state index in [4.69, 9.17) is 11.6 Å². The van der Waals surface area contributed by atoms with Crippen molar-refractivity contribution in [2.75, 3.05) is 0 Å². The van der Waals surface area contributed by atoms with Crippen LogP contribution in [0.5, 0.6) is 0 Å². The highest BCUT2D eigenvalue weighted by Gasteiger charge is 2.38. The van der Waals surface area contributed by atoms with Crippen LogP contribution < -0.4 is 0 Å². The zero-order valence-electron chi connectivity index (χ0n) is 11.2. The Kier molecular flexibility index (Phi) is 2.66. The van der Waals surface area contributed by atoms with Crippen LogP contribution in [0.4, 0.5) is 0 Å². The molecule has 0 N–H and O–H groups in total. The second-order valence-corrected chi connectivity index (χ2v) is 5.92. The summed E-state index contributed by atoms with van der Waals surface area (Å²) in [5.41, 5.74) is 3.65. The molecular formula is C13H19ClN4. The molecule has 2 aromatic heterocycles. The molecule has 0 aromatic carbocycles. The summed E-state index contributed by atoms with van der Waals surface area (Å²) in [6.45, 7) is 5.45. The second-order valence-electron chi connectivity index (χ2n) is 5.65. The Bertz CT molecular complexity index is 592. The topological polar surface area (TPSA) is 35.6 Å². The highest BCUT2D eigenvalue weighted by molar-refractivity contribution is 6.16. The number of hydrogen-bond donors (Lipinski definition) is 0. The normalized spacial score (nSPS) is 17.6. The number of aryl methyl sites for hydroxylation is 2. The maximum atomic E-state index is 6.04. The van der Waals surface area contributed by atoms with Crippen molar-refractivity contribution in [1.29, 1.82) is 0 Å². The van der Waals surface area contributed by atoms with E-state index in [0.29, 0.717) is 11.3 Å². The molecule has 1 fully saturated rings. The third-order valence-electron chi connectivity index (χ3n) is 3.97. The molecule has 1 aliphatic rings. The minimum absolute atomic E-state index is 0.436. The summed E-state index contributed by atoms with van der Waals surface area (Å²) < 4.78 is 4.21. The Hall–Kier alpha value is -1.03. The molecule has 98 valence electrons. The number of aromatic nitrogens is 4. The molecule has 2 heterocycles. The summed E-state index contributed by atoms with van der Waals surface area (Å²) in [5, 5.41) is 4.54. The number of nitrogens with zero attached hydrogens (tertiary/aromatic N) is 4. The molecular weight excluding hydrogens is 248 g/mol. The van der Waals surface area contributed by atoms with Crippen molar-refractivity contribution < 1.29 is 0 Å². The molecule has 5 heteroatoms. The fourth-order valence-corrected chi connectivity index (χ4v) is 2.75. The van der Waals surface area contributed by atoms with Crippen molar-refractivity contribution >= 4 is 22.8 Å². The maximum Gasteiger partial charge on any atom is 0.158 e. The monoisotopic (exact) mass is 266 g/mol. The minimum Gasteiger partial charge on any atom is -0.311 e. The summed E-state index contributed by atoms with van der Waals surface area (Å²) in [7, 11) is 1.99. The van der Waals surface area contributed by atoms with Crippen molar-refractivity contribution in [3.63, 3.8) is 0 Å². The summed E-state index contributed by atoms with van der Waals surface area (Å²) >= 11 is 6.04. The van der Waals surface area contributed by atoms with Crippen molar-refractivity contribution in [2.45, 2.75) is 45.5 Å². The van der Waals surface area contributed by atoms with Gasteiger partial charge in [0.05, 0.1) is 11.6 Å². The van der Waals surface area contributed by atoms with Crippen LogP contribution in [-0.4, -0.2) is 19.3 Å². The first-order valence-corrected chi connectivity index (χ1v) is 7.08. The Morgan fingerprint density at radius 2 is 2.11 bits per heavy atom. The molecule has 2 aromatic rings. The van der Waals surface area contributed by atoms with Gasteiger partial charge >= 0.3 is 0 Å². The van der Waals surface area contributed by atoms with Crippen molar-refractivity contribution in [2.24, 2.45) is 12.5 Å². The lowest BCUT2D eigenvalue weighted by Gasteiger charge is -2.12. The van der Waals surface area contributed by atoms with Crippen LogP contribution in [0.2, 0.25) is 0 Å². The van der Waals surface area contributed by atoms with Gasteiger partial charge in [0, 0.05) is 13.6 Å². The van der Waals surface area contributed by atoms with Gasteiger partial charge in [0.15, 0.2) is 5.65 Å². The quantitative estimate of drug-likeness (QED) is 0.798. The Labute approximate surface area is 112 Å². The van der Waals surface area contributed by atoms with E-state index in [1.807, 2.05) is 11.7 Å². The molecule has 3 rings (SSSR count). The average molecular weight is 267 g/mol. The van der Waals surface area contributed by atoms with Gasteiger partial charge in [0.2, 0.25) is 0 Å². The number of rotatable bonds is 4. The predicted molar refractivity (Wildman–Crippen MR) is 72.8 cm³/mol.